The van der Waals surface area contributed by atoms with Gasteiger partial charge in [-0.05, 0) is 102 Å². The Balaban J connectivity index is 6.88. The number of carbonyl (C=O) groups excluding carboxylic acids is 10. The zero-order valence-electron chi connectivity index (χ0n) is 51.7. The van der Waals surface area contributed by atoms with Crippen molar-refractivity contribution in [2.24, 2.45) is 5.73 Å². The number of aliphatic hydroxyl groups excluding tert-OH is 6. The first-order chi connectivity index (χ1) is 38.0. The predicted octanol–water partition coefficient (Wildman–Crippen LogP) is -2.66. The van der Waals surface area contributed by atoms with Crippen molar-refractivity contribution >= 4 is 59.1 Å². The quantitative estimate of drug-likeness (QED) is 0.0329. The molecule has 8 N–H and O–H groups in total. The molecule has 0 saturated carbocycles. The molecule has 0 fully saturated rings. The van der Waals surface area contributed by atoms with Gasteiger partial charge < -0.3 is 80.5 Å². The van der Waals surface area contributed by atoms with Gasteiger partial charge in [0.15, 0.2) is 0 Å². The summed E-state index contributed by atoms with van der Waals surface area (Å²) in [5, 5.41) is 62.6. The number of rotatable bonds is 40. The Hall–Kier alpha value is -5.58. The summed E-state index contributed by atoms with van der Waals surface area (Å²) in [7, 11) is 1.76. The number of primary amides is 1. The van der Waals surface area contributed by atoms with Crippen molar-refractivity contribution in [2.45, 2.75) is 183 Å². The highest BCUT2D eigenvalue weighted by molar-refractivity contribution is 5.94. The van der Waals surface area contributed by atoms with Gasteiger partial charge in [-0.3, -0.25) is 52.8 Å². The molecule has 10 atom stereocenters. The van der Waals surface area contributed by atoms with Gasteiger partial charge in [-0.1, -0.05) is 27.7 Å². The van der Waals surface area contributed by atoms with Crippen LogP contribution in [0.2, 0.25) is 0 Å². The Morgan fingerprint density at radius 1 is 0.293 bits per heavy atom. The average Bonchev–Trinajstić information content (AvgIpc) is 3.37. The van der Waals surface area contributed by atoms with E-state index in [1.165, 1.54) is 56.2 Å². The fourth-order valence-electron chi connectivity index (χ4n) is 8.56. The average molecular weight is 1170 g/mol. The summed E-state index contributed by atoms with van der Waals surface area (Å²) in [6.07, 6.45) is -5.04. The number of likely N-dealkylation sites (N-methyl/N-ethyl adjacent to an activating group) is 1. The third kappa shape index (κ3) is 28.6. The van der Waals surface area contributed by atoms with Gasteiger partial charge in [0.25, 0.3) is 0 Å². The summed E-state index contributed by atoms with van der Waals surface area (Å²) in [5.74, 6) is -7.37. The van der Waals surface area contributed by atoms with Crippen LogP contribution in [0.25, 0.3) is 0 Å². The molecule has 0 aromatic rings. The zero-order chi connectivity index (χ0) is 63.5. The van der Waals surface area contributed by atoms with E-state index in [0.29, 0.717) is 19.3 Å². The number of hydrogen-bond acceptors (Lipinski definition) is 17. The van der Waals surface area contributed by atoms with Crippen molar-refractivity contribution in [1.82, 2.24) is 49.0 Å². The second-order valence-corrected chi connectivity index (χ2v) is 22.2. The molecule has 0 aromatic carbocycles. The van der Waals surface area contributed by atoms with Gasteiger partial charge in [-0.15, -0.1) is 0 Å². The van der Waals surface area contributed by atoms with E-state index >= 15 is 0 Å². The SMILES string of the molecule is CCC(C)N(C)CC(=O)N(CC(=O)N(CC(=O)N(CC(=O)N(CC(=O)N(CC(=O)N(CC(=O)N(CC(=O)N(CC(=O)N(CC(N)=O)C(C)CC)CC(C)O)CC(C)O)C(C)CC)CC(C)O)CC(C)O)C(C)CC)CC(C)O)CC(C)O. The maximum Gasteiger partial charge on any atom is 0.242 e. The van der Waals surface area contributed by atoms with Crippen LogP contribution in [0.15, 0.2) is 0 Å². The summed E-state index contributed by atoms with van der Waals surface area (Å²) in [4.78, 5) is 150. The molecule has 0 saturated heterocycles. The van der Waals surface area contributed by atoms with Crippen LogP contribution in [0.4, 0.5) is 0 Å². The van der Waals surface area contributed by atoms with Gasteiger partial charge in [0.05, 0.1) is 89.0 Å². The molecular weight excluding hydrogens is 1070 g/mol. The number of nitrogens with zero attached hydrogens (tertiary/aromatic N) is 10. The van der Waals surface area contributed by atoms with E-state index in [0.717, 1.165) is 35.8 Å². The van der Waals surface area contributed by atoms with Crippen molar-refractivity contribution in [3.05, 3.63) is 0 Å². The van der Waals surface area contributed by atoms with Crippen LogP contribution in [0.3, 0.4) is 0 Å². The lowest BCUT2D eigenvalue weighted by Gasteiger charge is -2.36. The Morgan fingerprint density at radius 3 is 0.671 bits per heavy atom. The first kappa shape index (κ1) is 76.4. The number of amides is 10. The minimum absolute atomic E-state index is 0.0379. The van der Waals surface area contributed by atoms with E-state index in [4.69, 9.17) is 5.73 Å². The lowest BCUT2D eigenvalue weighted by atomic mass is 10.2. The third-order valence-electron chi connectivity index (χ3n) is 14.0. The molecule has 0 rings (SSSR count). The van der Waals surface area contributed by atoms with E-state index < -0.39 is 192 Å². The van der Waals surface area contributed by atoms with Crippen molar-refractivity contribution in [1.29, 1.82) is 0 Å². The van der Waals surface area contributed by atoms with Crippen LogP contribution in [0.1, 0.15) is 123 Å². The van der Waals surface area contributed by atoms with E-state index in [-0.39, 0.29) is 32.2 Å². The maximum atomic E-state index is 14.4. The molecule has 0 bridgehead atoms. The van der Waals surface area contributed by atoms with Crippen molar-refractivity contribution in [2.75, 3.05) is 112 Å². The number of hydrogen-bond donors (Lipinski definition) is 7. The van der Waals surface area contributed by atoms with Crippen LogP contribution in [0, 0.1) is 0 Å². The zero-order valence-corrected chi connectivity index (χ0v) is 51.7. The summed E-state index contributed by atoms with van der Waals surface area (Å²) in [5.41, 5.74) is 5.40. The molecule has 27 nitrogen and oxygen atoms in total. The van der Waals surface area contributed by atoms with Gasteiger partial charge in [-0.25, -0.2) is 0 Å². The van der Waals surface area contributed by atoms with E-state index in [1.54, 1.807) is 53.5 Å². The summed E-state index contributed by atoms with van der Waals surface area (Å²) < 4.78 is 0. The summed E-state index contributed by atoms with van der Waals surface area (Å²) in [6, 6.07) is -1.70. The molecule has 474 valence electrons. The second kappa shape index (κ2) is 38.3. The highest BCUT2D eigenvalue weighted by Gasteiger charge is 2.35. The van der Waals surface area contributed by atoms with Gasteiger partial charge in [-0.2, -0.15) is 0 Å². The normalized spacial score (nSPS) is 15.0. The molecule has 0 spiro atoms. The molecule has 0 radical (unpaired) electrons. The van der Waals surface area contributed by atoms with E-state index in [9.17, 15) is 78.6 Å². The van der Waals surface area contributed by atoms with Gasteiger partial charge in [0, 0.05) is 63.4 Å². The molecule has 82 heavy (non-hydrogen) atoms. The second-order valence-electron chi connectivity index (χ2n) is 22.2. The highest BCUT2D eigenvalue weighted by atomic mass is 16.3. The number of aliphatic hydroxyl groups is 6. The molecule has 10 unspecified atom stereocenters. The van der Waals surface area contributed by atoms with Crippen LogP contribution in [0.5, 0.6) is 0 Å². The minimum atomic E-state index is -1.22. The standard InChI is InChI=1S/C55H103N11O16/c1-16-36(5)57(15)27-47(74)58(20-40(9)67)28-48(75)62(24-44(13)71)32-54(81)65(38(7)18-3)35-52(79)60(22-42(11)69)30-50(77)63(25-45(14)72)33-55(82)66(39(8)19-4)34-51(78)59(21-41(10)68)29-49(76)61(23-43(12)70)31-53(80)64(26-46(56)73)37(6)17-2/h36-45,67-72H,16-35H2,1-15H3,(H2,56,73). The Morgan fingerprint density at radius 2 is 0.476 bits per heavy atom. The Bertz CT molecular complexity index is 2050. The van der Waals surface area contributed by atoms with Crippen LogP contribution < -0.4 is 5.73 Å². The van der Waals surface area contributed by atoms with E-state index in [1.807, 2.05) is 13.8 Å². The molecule has 0 aromatic heterocycles. The minimum Gasteiger partial charge on any atom is -0.392 e. The molecule has 10 amide bonds. The first-order valence-corrected chi connectivity index (χ1v) is 28.7. The lowest BCUT2D eigenvalue weighted by molar-refractivity contribution is -0.151. The fraction of sp³-hybridized carbons (Fsp3) is 0.818. The molecule has 27 heteroatoms. The van der Waals surface area contributed by atoms with Crippen LogP contribution in [-0.4, -0.2) is 311 Å². The fourth-order valence-corrected chi connectivity index (χ4v) is 8.56. The molecule has 0 aliphatic rings. The van der Waals surface area contributed by atoms with Crippen LogP contribution >= 0.6 is 0 Å². The predicted molar refractivity (Wildman–Crippen MR) is 306 cm³/mol. The smallest absolute Gasteiger partial charge is 0.242 e. The monoisotopic (exact) mass is 1170 g/mol. The Kier molecular flexibility index (Phi) is 35.7. The molecular formula is C55H103N11O16. The summed E-state index contributed by atoms with van der Waals surface area (Å²) >= 11 is 0. The van der Waals surface area contributed by atoms with Crippen molar-refractivity contribution in [3.63, 3.8) is 0 Å². The summed E-state index contributed by atoms with van der Waals surface area (Å²) in [6.45, 7) is 14.6. The maximum absolute atomic E-state index is 14.4. The molecule has 0 heterocycles. The third-order valence-corrected chi connectivity index (χ3v) is 14.0. The van der Waals surface area contributed by atoms with E-state index in [2.05, 4.69) is 0 Å². The molecule has 0 aliphatic heterocycles. The van der Waals surface area contributed by atoms with Crippen molar-refractivity contribution < 1.29 is 78.6 Å². The lowest BCUT2D eigenvalue weighted by Crippen LogP contribution is -2.56. The number of carbonyl (C=O) groups is 10. The van der Waals surface area contributed by atoms with Crippen molar-refractivity contribution in [3.8, 4) is 0 Å². The highest BCUT2D eigenvalue weighted by Crippen LogP contribution is 2.14. The topological polar surface area (TPSA) is 351 Å². The Labute approximate surface area is 486 Å². The van der Waals surface area contributed by atoms with Crippen LogP contribution in [-0.2, 0) is 47.9 Å². The van der Waals surface area contributed by atoms with Gasteiger partial charge in [0.2, 0.25) is 59.1 Å². The largest absolute Gasteiger partial charge is 0.392 e. The van der Waals surface area contributed by atoms with Gasteiger partial charge >= 0.3 is 0 Å². The first-order valence-electron chi connectivity index (χ1n) is 28.7. The van der Waals surface area contributed by atoms with Gasteiger partial charge in [0.1, 0.15) is 13.1 Å². The molecule has 0 aliphatic carbocycles. The number of nitrogens with two attached hydrogens (primary N) is 1.